The van der Waals surface area contributed by atoms with Crippen molar-refractivity contribution >= 4 is 13.2 Å². The minimum Gasteiger partial charge on any atom is -0.0695 e. The van der Waals surface area contributed by atoms with E-state index in [-0.39, 0.29) is 7.92 Å². The fourth-order valence-corrected chi connectivity index (χ4v) is 7.61. The molecule has 1 aliphatic carbocycles. The molecule has 0 radical (unpaired) electrons. The van der Waals surface area contributed by atoms with Crippen molar-refractivity contribution in [3.63, 3.8) is 0 Å². The van der Waals surface area contributed by atoms with Crippen LogP contribution in [-0.4, -0.2) is 11.3 Å². The van der Waals surface area contributed by atoms with Crippen LogP contribution in [0.1, 0.15) is 66.2 Å². The van der Waals surface area contributed by atoms with Gasteiger partial charge in [0.05, 0.1) is 0 Å². The maximum Gasteiger partial charge on any atom is -0.0161 e. The standard InChI is InChI=1S/C19H31P/c1-5-13-19(4)14-9-12-18(15-19)20(16(2)3)17-10-7-6-8-11-17/h6-8,10-11,16,18H,5,9,12-15H2,1-4H3/t18-,19?,20?/m0/s1. The topological polar surface area (TPSA) is 0 Å². The van der Waals surface area contributed by atoms with E-state index in [1.807, 2.05) is 0 Å². The molecule has 0 heterocycles. The van der Waals surface area contributed by atoms with Gasteiger partial charge in [0, 0.05) is 0 Å². The Kier molecular flexibility index (Phi) is 5.67. The zero-order chi connectivity index (χ0) is 14.6. The van der Waals surface area contributed by atoms with E-state index in [2.05, 4.69) is 58.0 Å². The summed E-state index contributed by atoms with van der Waals surface area (Å²) in [5.41, 5.74) is 2.36. The van der Waals surface area contributed by atoms with Crippen molar-refractivity contribution in [2.45, 2.75) is 77.5 Å². The van der Waals surface area contributed by atoms with Gasteiger partial charge in [0.25, 0.3) is 0 Å². The van der Waals surface area contributed by atoms with Gasteiger partial charge in [0.2, 0.25) is 0 Å². The molecule has 3 atom stereocenters. The first kappa shape index (κ1) is 16.0. The van der Waals surface area contributed by atoms with Gasteiger partial charge in [-0.1, -0.05) is 78.8 Å². The van der Waals surface area contributed by atoms with Gasteiger partial charge in [0.15, 0.2) is 0 Å². The van der Waals surface area contributed by atoms with Crippen molar-refractivity contribution in [1.29, 1.82) is 0 Å². The van der Waals surface area contributed by atoms with Crippen LogP contribution in [0.25, 0.3) is 0 Å². The Bertz CT molecular complexity index is 393. The van der Waals surface area contributed by atoms with E-state index in [1.54, 1.807) is 5.30 Å². The van der Waals surface area contributed by atoms with Crippen LogP contribution >= 0.6 is 7.92 Å². The summed E-state index contributed by atoms with van der Waals surface area (Å²) >= 11 is 0. The van der Waals surface area contributed by atoms with Gasteiger partial charge in [-0.25, -0.2) is 0 Å². The third-order valence-corrected chi connectivity index (χ3v) is 8.14. The summed E-state index contributed by atoms with van der Waals surface area (Å²) in [5.74, 6) is 0. The Labute approximate surface area is 127 Å². The van der Waals surface area contributed by atoms with Gasteiger partial charge in [-0.05, 0) is 47.7 Å². The first-order chi connectivity index (χ1) is 9.56. The molecule has 0 N–H and O–H groups in total. The smallest absolute Gasteiger partial charge is 0.0161 e. The lowest BCUT2D eigenvalue weighted by Crippen LogP contribution is -2.31. The van der Waals surface area contributed by atoms with E-state index in [0.717, 1.165) is 11.3 Å². The van der Waals surface area contributed by atoms with E-state index in [4.69, 9.17) is 0 Å². The van der Waals surface area contributed by atoms with Crippen LogP contribution in [0.2, 0.25) is 0 Å². The fraction of sp³-hybridized carbons (Fsp3) is 0.684. The highest BCUT2D eigenvalue weighted by Crippen LogP contribution is 2.55. The number of benzene rings is 1. The monoisotopic (exact) mass is 290 g/mol. The maximum atomic E-state index is 2.54. The Balaban J connectivity index is 2.18. The first-order valence-corrected chi connectivity index (χ1v) is 9.87. The molecule has 112 valence electrons. The predicted molar refractivity (Wildman–Crippen MR) is 93.4 cm³/mol. The summed E-state index contributed by atoms with van der Waals surface area (Å²) in [6.07, 6.45) is 8.57. The number of hydrogen-bond donors (Lipinski definition) is 0. The molecule has 0 bridgehead atoms. The summed E-state index contributed by atoms with van der Waals surface area (Å²) in [6.45, 7) is 9.76. The molecule has 1 saturated carbocycles. The van der Waals surface area contributed by atoms with Gasteiger partial charge in [-0.2, -0.15) is 0 Å². The summed E-state index contributed by atoms with van der Waals surface area (Å²) in [6, 6.07) is 11.3. The van der Waals surface area contributed by atoms with Crippen LogP contribution in [0.4, 0.5) is 0 Å². The van der Waals surface area contributed by atoms with Crippen LogP contribution in [0.3, 0.4) is 0 Å². The molecule has 1 fully saturated rings. The fourth-order valence-electron chi connectivity index (χ4n) is 4.14. The van der Waals surface area contributed by atoms with Crippen molar-refractivity contribution in [1.82, 2.24) is 0 Å². The summed E-state index contributed by atoms with van der Waals surface area (Å²) in [4.78, 5) is 0. The molecule has 0 amide bonds. The Hall–Kier alpha value is -0.350. The molecule has 1 heteroatoms. The van der Waals surface area contributed by atoms with E-state index >= 15 is 0 Å². The van der Waals surface area contributed by atoms with E-state index in [9.17, 15) is 0 Å². The average molecular weight is 290 g/mol. The molecule has 0 spiro atoms. The molecule has 2 rings (SSSR count). The minimum atomic E-state index is -0.00211. The predicted octanol–water partition coefficient (Wildman–Crippen LogP) is 5.95. The zero-order valence-corrected chi connectivity index (χ0v) is 14.6. The summed E-state index contributed by atoms with van der Waals surface area (Å²) < 4.78 is 0. The minimum absolute atomic E-state index is 0.00211. The molecule has 20 heavy (non-hydrogen) atoms. The third-order valence-electron chi connectivity index (χ3n) is 4.90. The Morgan fingerprint density at radius 3 is 2.55 bits per heavy atom. The second kappa shape index (κ2) is 7.08. The normalized spacial score (nSPS) is 28.6. The lowest BCUT2D eigenvalue weighted by molar-refractivity contribution is 0.201. The lowest BCUT2D eigenvalue weighted by Gasteiger charge is -2.43. The van der Waals surface area contributed by atoms with E-state index in [1.165, 1.54) is 38.5 Å². The molecule has 0 saturated heterocycles. The molecule has 1 aromatic rings. The van der Waals surface area contributed by atoms with Gasteiger partial charge < -0.3 is 0 Å². The Morgan fingerprint density at radius 1 is 1.25 bits per heavy atom. The van der Waals surface area contributed by atoms with Crippen molar-refractivity contribution < 1.29 is 0 Å². The van der Waals surface area contributed by atoms with Crippen LogP contribution in [0.5, 0.6) is 0 Å². The molecule has 2 unspecified atom stereocenters. The highest BCUT2D eigenvalue weighted by atomic mass is 31.1. The SMILES string of the molecule is CCCC1(C)CCC[C@H](P(c2ccccc2)C(C)C)C1. The van der Waals surface area contributed by atoms with E-state index in [0.29, 0.717) is 5.41 Å². The van der Waals surface area contributed by atoms with Crippen LogP contribution in [0.15, 0.2) is 30.3 Å². The van der Waals surface area contributed by atoms with Crippen LogP contribution in [0, 0.1) is 5.41 Å². The summed E-state index contributed by atoms with van der Waals surface area (Å²) in [5, 5.41) is 1.63. The highest BCUT2D eigenvalue weighted by molar-refractivity contribution is 7.67. The second-order valence-corrected chi connectivity index (χ2v) is 10.2. The average Bonchev–Trinajstić information content (AvgIpc) is 2.39. The maximum absolute atomic E-state index is 2.54. The van der Waals surface area contributed by atoms with Crippen LogP contribution in [-0.2, 0) is 0 Å². The first-order valence-electron chi connectivity index (χ1n) is 8.39. The van der Waals surface area contributed by atoms with Gasteiger partial charge in [0.1, 0.15) is 0 Å². The molecular formula is C19H31P. The van der Waals surface area contributed by atoms with Crippen molar-refractivity contribution in [3.8, 4) is 0 Å². The quantitative estimate of drug-likeness (QED) is 0.588. The molecule has 1 aromatic carbocycles. The number of rotatable bonds is 5. The number of hydrogen-bond acceptors (Lipinski definition) is 0. The van der Waals surface area contributed by atoms with Gasteiger partial charge >= 0.3 is 0 Å². The van der Waals surface area contributed by atoms with E-state index < -0.39 is 0 Å². The Morgan fingerprint density at radius 2 is 1.95 bits per heavy atom. The van der Waals surface area contributed by atoms with Crippen molar-refractivity contribution in [3.05, 3.63) is 30.3 Å². The van der Waals surface area contributed by atoms with Crippen LogP contribution < -0.4 is 5.30 Å². The third kappa shape index (κ3) is 3.85. The van der Waals surface area contributed by atoms with Gasteiger partial charge in [-0.15, -0.1) is 0 Å². The second-order valence-electron chi connectivity index (χ2n) is 7.15. The molecule has 0 nitrogen and oxygen atoms in total. The molecule has 0 aromatic heterocycles. The molecule has 1 aliphatic rings. The highest BCUT2D eigenvalue weighted by Gasteiger charge is 2.36. The van der Waals surface area contributed by atoms with Gasteiger partial charge in [-0.3, -0.25) is 0 Å². The lowest BCUT2D eigenvalue weighted by atomic mass is 9.73. The summed E-state index contributed by atoms with van der Waals surface area (Å²) in [7, 11) is -0.00211. The molecular weight excluding hydrogens is 259 g/mol. The zero-order valence-electron chi connectivity index (χ0n) is 13.7. The largest absolute Gasteiger partial charge is 0.0695 e. The molecule has 0 aliphatic heterocycles. The van der Waals surface area contributed by atoms with Crippen molar-refractivity contribution in [2.75, 3.05) is 0 Å². The van der Waals surface area contributed by atoms with Crippen molar-refractivity contribution in [2.24, 2.45) is 5.41 Å².